The summed E-state index contributed by atoms with van der Waals surface area (Å²) in [5.74, 6) is -0.0155. The van der Waals surface area contributed by atoms with Gasteiger partial charge in [-0.1, -0.05) is 0 Å². The fourth-order valence-electron chi connectivity index (χ4n) is 3.52. The van der Waals surface area contributed by atoms with Gasteiger partial charge in [0.15, 0.2) is 11.5 Å². The standard InChI is InChI=1S/C24H25N3O6S/c1-30-22-11-16(3-6-21(22)33-13-17-14-34-15-25-17)23(28)26-20-5-4-18(12-19(20)24(29)31-2)27-7-9-32-10-8-27/h3-6,11-12,14-15H,7-10,13H2,1-2H3,(H,26,28). The highest BCUT2D eigenvalue weighted by Crippen LogP contribution is 2.30. The van der Waals surface area contributed by atoms with Gasteiger partial charge in [0.1, 0.15) is 6.61 Å². The van der Waals surface area contributed by atoms with E-state index in [1.54, 1.807) is 35.8 Å². The lowest BCUT2D eigenvalue weighted by atomic mass is 10.1. The van der Waals surface area contributed by atoms with Crippen LogP contribution in [-0.2, 0) is 16.1 Å². The number of methoxy groups -OCH3 is 2. The van der Waals surface area contributed by atoms with Gasteiger partial charge in [-0.25, -0.2) is 9.78 Å². The Morgan fingerprint density at radius 2 is 1.94 bits per heavy atom. The van der Waals surface area contributed by atoms with Gasteiger partial charge >= 0.3 is 5.97 Å². The molecule has 4 rings (SSSR count). The number of amides is 1. The van der Waals surface area contributed by atoms with Crippen molar-refractivity contribution in [3.05, 3.63) is 64.1 Å². The van der Waals surface area contributed by atoms with E-state index >= 15 is 0 Å². The van der Waals surface area contributed by atoms with Crippen molar-refractivity contribution in [2.75, 3.05) is 50.7 Å². The second-order valence-electron chi connectivity index (χ2n) is 7.41. The molecule has 0 bridgehead atoms. The van der Waals surface area contributed by atoms with E-state index in [9.17, 15) is 9.59 Å². The molecular formula is C24H25N3O6S. The van der Waals surface area contributed by atoms with E-state index in [0.717, 1.165) is 24.5 Å². The summed E-state index contributed by atoms with van der Waals surface area (Å²) in [5.41, 5.74) is 4.40. The van der Waals surface area contributed by atoms with E-state index in [4.69, 9.17) is 18.9 Å². The van der Waals surface area contributed by atoms with Crippen LogP contribution in [0.15, 0.2) is 47.3 Å². The van der Waals surface area contributed by atoms with Crippen LogP contribution in [-0.4, -0.2) is 57.4 Å². The highest BCUT2D eigenvalue weighted by molar-refractivity contribution is 7.07. The van der Waals surface area contributed by atoms with Crippen molar-refractivity contribution in [1.82, 2.24) is 4.98 Å². The maximum atomic E-state index is 13.0. The first kappa shape index (κ1) is 23.5. The van der Waals surface area contributed by atoms with Crippen molar-refractivity contribution < 1.29 is 28.5 Å². The number of hydrogen-bond donors (Lipinski definition) is 1. The molecule has 1 amide bonds. The molecule has 0 aliphatic carbocycles. The zero-order valence-electron chi connectivity index (χ0n) is 18.9. The van der Waals surface area contributed by atoms with Gasteiger partial charge in [-0.2, -0.15) is 0 Å². The van der Waals surface area contributed by atoms with Gasteiger partial charge in [-0.3, -0.25) is 4.79 Å². The smallest absolute Gasteiger partial charge is 0.340 e. The lowest BCUT2D eigenvalue weighted by Crippen LogP contribution is -2.36. The average molecular weight is 484 g/mol. The number of carbonyl (C=O) groups excluding carboxylic acids is 2. The Morgan fingerprint density at radius 3 is 2.65 bits per heavy atom. The molecule has 0 atom stereocenters. The minimum Gasteiger partial charge on any atom is -0.493 e. The Hall–Kier alpha value is -3.63. The molecule has 1 aliphatic rings. The maximum Gasteiger partial charge on any atom is 0.340 e. The first-order chi connectivity index (χ1) is 16.6. The van der Waals surface area contributed by atoms with Crippen molar-refractivity contribution in [3.8, 4) is 11.5 Å². The van der Waals surface area contributed by atoms with Crippen LogP contribution >= 0.6 is 11.3 Å². The molecule has 9 nitrogen and oxygen atoms in total. The molecule has 0 unspecified atom stereocenters. The number of benzene rings is 2. The number of nitrogens with zero attached hydrogens (tertiary/aromatic N) is 2. The van der Waals surface area contributed by atoms with Crippen molar-refractivity contribution in [3.63, 3.8) is 0 Å². The summed E-state index contributed by atoms with van der Waals surface area (Å²) < 4.78 is 21.5. The first-order valence-corrected chi connectivity index (χ1v) is 11.6. The largest absolute Gasteiger partial charge is 0.493 e. The van der Waals surface area contributed by atoms with Crippen LogP contribution in [0.4, 0.5) is 11.4 Å². The highest BCUT2D eigenvalue weighted by atomic mass is 32.1. The number of esters is 1. The van der Waals surface area contributed by atoms with E-state index in [1.165, 1.54) is 25.6 Å². The molecule has 3 aromatic rings. The quantitative estimate of drug-likeness (QED) is 0.485. The normalized spacial score (nSPS) is 13.3. The van der Waals surface area contributed by atoms with Gasteiger partial charge in [0, 0.05) is 29.7 Å². The summed E-state index contributed by atoms with van der Waals surface area (Å²) in [6, 6.07) is 10.2. The summed E-state index contributed by atoms with van der Waals surface area (Å²) in [5, 5.41) is 4.71. The number of nitrogens with one attached hydrogen (secondary N) is 1. The predicted molar refractivity (Wildman–Crippen MR) is 128 cm³/mol. The number of hydrogen-bond acceptors (Lipinski definition) is 9. The molecule has 0 radical (unpaired) electrons. The van der Waals surface area contributed by atoms with E-state index in [0.29, 0.717) is 42.6 Å². The predicted octanol–water partition coefficient (Wildman–Crippen LogP) is 3.61. The van der Waals surface area contributed by atoms with Crippen molar-refractivity contribution in [2.45, 2.75) is 6.61 Å². The number of carbonyl (C=O) groups is 2. The fourth-order valence-corrected chi connectivity index (χ4v) is 4.06. The zero-order chi connectivity index (χ0) is 23.9. The molecule has 0 saturated carbocycles. The number of morpholine rings is 1. The molecule has 1 fully saturated rings. The third-order valence-corrected chi connectivity index (χ3v) is 5.95. The fraction of sp³-hybridized carbons (Fsp3) is 0.292. The molecule has 1 N–H and O–H groups in total. The summed E-state index contributed by atoms with van der Waals surface area (Å²) in [4.78, 5) is 31.7. The van der Waals surface area contributed by atoms with Crippen LogP contribution < -0.4 is 19.7 Å². The first-order valence-electron chi connectivity index (χ1n) is 10.6. The number of ether oxygens (including phenoxy) is 4. The second-order valence-corrected chi connectivity index (χ2v) is 8.13. The topological polar surface area (TPSA) is 99.2 Å². The number of thiazole rings is 1. The van der Waals surface area contributed by atoms with E-state index in [1.807, 2.05) is 11.4 Å². The molecule has 34 heavy (non-hydrogen) atoms. The number of aromatic nitrogens is 1. The van der Waals surface area contributed by atoms with Crippen LogP contribution in [0.2, 0.25) is 0 Å². The molecule has 10 heteroatoms. The molecule has 2 heterocycles. The zero-order valence-corrected chi connectivity index (χ0v) is 19.7. The van der Waals surface area contributed by atoms with Gasteiger partial charge < -0.3 is 29.2 Å². The maximum absolute atomic E-state index is 13.0. The van der Waals surface area contributed by atoms with E-state index in [2.05, 4.69) is 15.2 Å². The monoisotopic (exact) mass is 483 g/mol. The minimum absolute atomic E-state index is 0.273. The third-order valence-electron chi connectivity index (χ3n) is 5.32. The number of anilines is 2. The van der Waals surface area contributed by atoms with Crippen molar-refractivity contribution >= 4 is 34.6 Å². The van der Waals surface area contributed by atoms with Crippen LogP contribution in [0.5, 0.6) is 11.5 Å². The summed E-state index contributed by atoms with van der Waals surface area (Å²) in [6.45, 7) is 2.99. The van der Waals surface area contributed by atoms with Crippen LogP contribution in [0.3, 0.4) is 0 Å². The Morgan fingerprint density at radius 1 is 1.12 bits per heavy atom. The molecule has 1 aliphatic heterocycles. The molecular weight excluding hydrogens is 458 g/mol. The highest BCUT2D eigenvalue weighted by Gasteiger charge is 2.20. The third kappa shape index (κ3) is 5.46. The van der Waals surface area contributed by atoms with Gasteiger partial charge in [0.2, 0.25) is 0 Å². The van der Waals surface area contributed by atoms with Gasteiger partial charge in [0.25, 0.3) is 5.91 Å². The number of rotatable bonds is 8. The molecule has 2 aromatic carbocycles. The Labute approximate surface area is 201 Å². The van der Waals surface area contributed by atoms with Crippen molar-refractivity contribution in [2.24, 2.45) is 0 Å². The summed E-state index contributed by atoms with van der Waals surface area (Å²) in [6.07, 6.45) is 0. The molecule has 1 aromatic heterocycles. The van der Waals surface area contributed by atoms with Crippen LogP contribution in [0, 0.1) is 0 Å². The lowest BCUT2D eigenvalue weighted by molar-refractivity contribution is 0.0602. The lowest BCUT2D eigenvalue weighted by Gasteiger charge is -2.29. The molecule has 1 saturated heterocycles. The van der Waals surface area contributed by atoms with Gasteiger partial charge in [0.05, 0.1) is 49.9 Å². The average Bonchev–Trinajstić information content (AvgIpc) is 3.41. The Kier molecular flexibility index (Phi) is 7.61. The van der Waals surface area contributed by atoms with E-state index in [-0.39, 0.29) is 5.56 Å². The molecule has 178 valence electrons. The summed E-state index contributed by atoms with van der Waals surface area (Å²) >= 11 is 1.49. The van der Waals surface area contributed by atoms with E-state index < -0.39 is 11.9 Å². The Balaban J connectivity index is 1.52. The van der Waals surface area contributed by atoms with Gasteiger partial charge in [-0.15, -0.1) is 11.3 Å². The second kappa shape index (κ2) is 11.0. The molecule has 0 spiro atoms. The van der Waals surface area contributed by atoms with Crippen LogP contribution in [0.25, 0.3) is 0 Å². The SMILES string of the molecule is COC(=O)c1cc(N2CCOCC2)ccc1NC(=O)c1ccc(OCc2cscn2)c(OC)c1. The Bertz CT molecular complexity index is 1150. The van der Waals surface area contributed by atoms with Crippen molar-refractivity contribution in [1.29, 1.82) is 0 Å². The summed E-state index contributed by atoms with van der Waals surface area (Å²) in [7, 11) is 2.82. The van der Waals surface area contributed by atoms with Gasteiger partial charge in [-0.05, 0) is 36.4 Å². The minimum atomic E-state index is -0.534. The van der Waals surface area contributed by atoms with Crippen LogP contribution in [0.1, 0.15) is 26.4 Å².